The first kappa shape index (κ1) is 12.3. The van der Waals surface area contributed by atoms with Crippen LogP contribution in [0, 0.1) is 6.92 Å². The van der Waals surface area contributed by atoms with Crippen molar-refractivity contribution in [3.63, 3.8) is 0 Å². The van der Waals surface area contributed by atoms with E-state index in [1.54, 1.807) is 24.9 Å². The molecule has 0 fully saturated rings. The summed E-state index contributed by atoms with van der Waals surface area (Å²) in [4.78, 5) is 10.9. The third-order valence-corrected chi connectivity index (χ3v) is 2.59. The number of hydrogen-bond donors (Lipinski definition) is 1. The van der Waals surface area contributed by atoms with Gasteiger partial charge in [-0.3, -0.25) is 0 Å². The molecule has 0 atom stereocenters. The number of carboxylic acids is 1. The average molecular weight is 246 g/mol. The number of nitrogens with zero attached hydrogens (tertiary/aromatic N) is 2. The summed E-state index contributed by atoms with van der Waals surface area (Å²) in [7, 11) is 1.63. The Morgan fingerprint density at radius 3 is 2.89 bits per heavy atom. The molecule has 2 aromatic rings. The SMILES string of the molecule is COCc1cccc(-n2cc(C)c(C(=O)O)n2)c1. The summed E-state index contributed by atoms with van der Waals surface area (Å²) in [5, 5.41) is 13.0. The molecule has 0 aliphatic carbocycles. The summed E-state index contributed by atoms with van der Waals surface area (Å²) in [6, 6.07) is 7.63. The number of ether oxygens (including phenoxy) is 1. The number of carboxylic acid groups (broad SMARTS) is 1. The summed E-state index contributed by atoms with van der Waals surface area (Å²) in [6.07, 6.45) is 1.70. The molecular formula is C13H14N2O3. The van der Waals surface area contributed by atoms with Crippen molar-refractivity contribution in [1.82, 2.24) is 9.78 Å². The highest BCUT2D eigenvalue weighted by Gasteiger charge is 2.13. The fourth-order valence-electron chi connectivity index (χ4n) is 1.76. The Balaban J connectivity index is 2.39. The molecule has 1 N–H and O–H groups in total. The van der Waals surface area contributed by atoms with Crippen molar-refractivity contribution in [2.24, 2.45) is 0 Å². The van der Waals surface area contributed by atoms with Gasteiger partial charge in [0.05, 0.1) is 12.3 Å². The van der Waals surface area contributed by atoms with Gasteiger partial charge >= 0.3 is 5.97 Å². The summed E-state index contributed by atoms with van der Waals surface area (Å²) >= 11 is 0. The van der Waals surface area contributed by atoms with Gasteiger partial charge in [0.1, 0.15) is 0 Å². The number of methoxy groups -OCH3 is 1. The molecule has 0 aliphatic heterocycles. The standard InChI is InChI=1S/C13H14N2O3/c1-9-7-15(14-12(9)13(16)17)11-5-3-4-10(6-11)8-18-2/h3-7H,8H2,1-2H3,(H,16,17). The lowest BCUT2D eigenvalue weighted by atomic mass is 10.2. The molecule has 0 radical (unpaired) electrons. The zero-order valence-electron chi connectivity index (χ0n) is 10.3. The molecule has 18 heavy (non-hydrogen) atoms. The highest BCUT2D eigenvalue weighted by molar-refractivity contribution is 5.86. The largest absolute Gasteiger partial charge is 0.476 e. The van der Waals surface area contributed by atoms with E-state index in [1.807, 2.05) is 24.3 Å². The minimum Gasteiger partial charge on any atom is -0.476 e. The van der Waals surface area contributed by atoms with Gasteiger partial charge in [-0.25, -0.2) is 9.48 Å². The Bertz CT molecular complexity index is 575. The first-order valence-electron chi connectivity index (χ1n) is 5.49. The van der Waals surface area contributed by atoms with Crippen molar-refractivity contribution in [3.8, 4) is 5.69 Å². The van der Waals surface area contributed by atoms with Gasteiger partial charge in [-0.1, -0.05) is 12.1 Å². The maximum Gasteiger partial charge on any atom is 0.356 e. The highest BCUT2D eigenvalue weighted by atomic mass is 16.5. The predicted octanol–water partition coefficient (Wildman–Crippen LogP) is 2.03. The Labute approximate surface area is 105 Å². The van der Waals surface area contributed by atoms with Gasteiger partial charge < -0.3 is 9.84 Å². The van der Waals surface area contributed by atoms with E-state index in [1.165, 1.54) is 0 Å². The van der Waals surface area contributed by atoms with Gasteiger partial charge in [0, 0.05) is 18.9 Å². The zero-order valence-corrected chi connectivity index (χ0v) is 10.3. The van der Waals surface area contributed by atoms with E-state index in [0.29, 0.717) is 12.2 Å². The van der Waals surface area contributed by atoms with Crippen molar-refractivity contribution in [3.05, 3.63) is 47.3 Å². The topological polar surface area (TPSA) is 64.3 Å². The van der Waals surface area contributed by atoms with Crippen LogP contribution >= 0.6 is 0 Å². The van der Waals surface area contributed by atoms with Crippen LogP contribution in [0.2, 0.25) is 0 Å². The van der Waals surface area contributed by atoms with Crippen LogP contribution in [0.3, 0.4) is 0 Å². The zero-order chi connectivity index (χ0) is 13.1. The van der Waals surface area contributed by atoms with Crippen LogP contribution in [-0.4, -0.2) is 28.0 Å². The molecule has 1 aromatic heterocycles. The maximum absolute atomic E-state index is 10.9. The molecule has 0 saturated carbocycles. The van der Waals surface area contributed by atoms with Crippen LogP contribution in [0.4, 0.5) is 0 Å². The Morgan fingerprint density at radius 1 is 1.50 bits per heavy atom. The van der Waals surface area contributed by atoms with Crippen LogP contribution in [0.15, 0.2) is 30.5 Å². The predicted molar refractivity (Wildman–Crippen MR) is 66.0 cm³/mol. The Kier molecular flexibility index (Phi) is 3.43. The second-order valence-electron chi connectivity index (χ2n) is 4.01. The van der Waals surface area contributed by atoms with E-state index in [0.717, 1.165) is 11.3 Å². The normalized spacial score (nSPS) is 10.6. The fraction of sp³-hybridized carbons (Fsp3) is 0.231. The number of aromatic carboxylic acids is 1. The van der Waals surface area contributed by atoms with Gasteiger partial charge in [0.25, 0.3) is 0 Å². The lowest BCUT2D eigenvalue weighted by molar-refractivity contribution is 0.0689. The highest BCUT2D eigenvalue weighted by Crippen LogP contribution is 2.14. The molecule has 5 nitrogen and oxygen atoms in total. The van der Waals surface area contributed by atoms with Crippen molar-refractivity contribution in [1.29, 1.82) is 0 Å². The number of rotatable bonds is 4. The molecule has 1 aromatic carbocycles. The van der Waals surface area contributed by atoms with Gasteiger partial charge in [-0.05, 0) is 24.6 Å². The van der Waals surface area contributed by atoms with E-state index >= 15 is 0 Å². The number of hydrogen-bond acceptors (Lipinski definition) is 3. The van der Waals surface area contributed by atoms with Crippen LogP contribution in [0.5, 0.6) is 0 Å². The molecular weight excluding hydrogens is 232 g/mol. The number of carbonyl (C=O) groups is 1. The molecule has 0 amide bonds. The first-order chi connectivity index (χ1) is 8.61. The second-order valence-corrected chi connectivity index (χ2v) is 4.01. The molecule has 5 heteroatoms. The first-order valence-corrected chi connectivity index (χ1v) is 5.49. The van der Waals surface area contributed by atoms with Crippen molar-refractivity contribution >= 4 is 5.97 Å². The van der Waals surface area contributed by atoms with E-state index in [2.05, 4.69) is 5.10 Å². The van der Waals surface area contributed by atoms with Crippen molar-refractivity contribution < 1.29 is 14.6 Å². The molecule has 0 saturated heterocycles. The minimum atomic E-state index is -1.01. The molecule has 2 rings (SSSR count). The van der Waals surface area contributed by atoms with Gasteiger partial charge in [0.15, 0.2) is 5.69 Å². The van der Waals surface area contributed by atoms with E-state index in [9.17, 15) is 4.79 Å². The minimum absolute atomic E-state index is 0.0761. The summed E-state index contributed by atoms with van der Waals surface area (Å²) in [5.74, 6) is -1.01. The number of aryl methyl sites for hydroxylation is 1. The van der Waals surface area contributed by atoms with Crippen LogP contribution < -0.4 is 0 Å². The molecule has 0 bridgehead atoms. The monoisotopic (exact) mass is 246 g/mol. The third-order valence-electron chi connectivity index (χ3n) is 2.59. The van der Waals surface area contributed by atoms with Crippen LogP contribution in [-0.2, 0) is 11.3 Å². The third kappa shape index (κ3) is 2.41. The van der Waals surface area contributed by atoms with Crippen LogP contribution in [0.1, 0.15) is 21.6 Å². The molecule has 0 aliphatic rings. The van der Waals surface area contributed by atoms with E-state index in [4.69, 9.17) is 9.84 Å². The van der Waals surface area contributed by atoms with Crippen molar-refractivity contribution in [2.45, 2.75) is 13.5 Å². The Morgan fingerprint density at radius 2 is 2.28 bits per heavy atom. The lowest BCUT2D eigenvalue weighted by Gasteiger charge is -2.04. The molecule has 1 heterocycles. The quantitative estimate of drug-likeness (QED) is 0.896. The van der Waals surface area contributed by atoms with Crippen molar-refractivity contribution in [2.75, 3.05) is 7.11 Å². The number of benzene rings is 1. The maximum atomic E-state index is 10.9. The fourth-order valence-corrected chi connectivity index (χ4v) is 1.76. The number of aromatic nitrogens is 2. The lowest BCUT2D eigenvalue weighted by Crippen LogP contribution is -2.02. The van der Waals surface area contributed by atoms with Crippen LogP contribution in [0.25, 0.3) is 5.69 Å². The summed E-state index contributed by atoms with van der Waals surface area (Å²) < 4.78 is 6.63. The summed E-state index contributed by atoms with van der Waals surface area (Å²) in [6.45, 7) is 2.24. The summed E-state index contributed by atoms with van der Waals surface area (Å²) in [5.41, 5.74) is 2.55. The van der Waals surface area contributed by atoms with E-state index < -0.39 is 5.97 Å². The molecule has 0 spiro atoms. The second kappa shape index (κ2) is 5.01. The van der Waals surface area contributed by atoms with Gasteiger partial charge in [-0.2, -0.15) is 5.10 Å². The van der Waals surface area contributed by atoms with Gasteiger partial charge in [-0.15, -0.1) is 0 Å². The molecule has 0 unspecified atom stereocenters. The average Bonchev–Trinajstić information content (AvgIpc) is 2.72. The smallest absolute Gasteiger partial charge is 0.356 e. The Hall–Kier alpha value is -2.14. The molecule has 94 valence electrons. The van der Waals surface area contributed by atoms with Gasteiger partial charge in [0.2, 0.25) is 0 Å². The van der Waals surface area contributed by atoms with E-state index in [-0.39, 0.29) is 5.69 Å².